The van der Waals surface area contributed by atoms with Gasteiger partial charge in [-0.2, -0.15) is 5.10 Å². The number of nitrogens with one attached hydrogen (secondary N) is 2. The second kappa shape index (κ2) is 7.62. The molecule has 1 unspecified atom stereocenters. The van der Waals surface area contributed by atoms with Crippen LogP contribution in [0.25, 0.3) is 11.5 Å². The van der Waals surface area contributed by atoms with Crippen molar-refractivity contribution in [1.29, 1.82) is 0 Å². The summed E-state index contributed by atoms with van der Waals surface area (Å²) in [7, 11) is 0. The second-order valence-electron chi connectivity index (χ2n) is 7.41. The van der Waals surface area contributed by atoms with Crippen LogP contribution in [0, 0.1) is 20.8 Å². The summed E-state index contributed by atoms with van der Waals surface area (Å²) in [6, 6.07) is 7.06. The number of likely N-dealkylation sites (tertiary alicyclic amines) is 1. The minimum Gasteiger partial charge on any atom is -0.466 e. The number of H-pyrrole nitrogens is 1. The highest BCUT2D eigenvalue weighted by Crippen LogP contribution is 2.23. The van der Waals surface area contributed by atoms with Gasteiger partial charge in [0, 0.05) is 25.2 Å². The first kappa shape index (κ1) is 19.0. The molecule has 8 nitrogen and oxygen atoms in total. The van der Waals surface area contributed by atoms with Crippen molar-refractivity contribution < 1.29 is 18.4 Å². The maximum atomic E-state index is 13.0. The van der Waals surface area contributed by atoms with Crippen LogP contribution in [0.2, 0.25) is 0 Å². The topological polar surface area (TPSA) is 104 Å². The highest BCUT2D eigenvalue weighted by atomic mass is 16.3. The molecule has 8 heteroatoms. The van der Waals surface area contributed by atoms with Crippen molar-refractivity contribution in [3.8, 4) is 11.5 Å². The van der Waals surface area contributed by atoms with E-state index in [9.17, 15) is 9.59 Å². The fourth-order valence-corrected chi connectivity index (χ4v) is 3.76. The molecule has 3 aromatic rings. The molecule has 1 fully saturated rings. The normalized spacial score (nSPS) is 16.4. The van der Waals surface area contributed by atoms with Gasteiger partial charge in [0.2, 0.25) is 0 Å². The lowest BCUT2D eigenvalue weighted by Gasteiger charge is -2.24. The van der Waals surface area contributed by atoms with E-state index in [-0.39, 0.29) is 17.9 Å². The fraction of sp³-hybridized carbons (Fsp3) is 0.381. The molecule has 0 bridgehead atoms. The Kier molecular flexibility index (Phi) is 5.00. The van der Waals surface area contributed by atoms with Gasteiger partial charge < -0.3 is 19.1 Å². The second-order valence-corrected chi connectivity index (χ2v) is 7.41. The molecule has 0 spiro atoms. The van der Waals surface area contributed by atoms with Gasteiger partial charge in [-0.3, -0.25) is 14.7 Å². The van der Waals surface area contributed by atoms with Crippen molar-refractivity contribution >= 4 is 11.8 Å². The smallest absolute Gasteiger partial charge is 0.274 e. The standard InChI is InChI=1S/C21H24N4O4/c1-12-6-7-19(29-12)17-10-18(24-23-17)21(27)25-8-4-5-15(25)11-22-20(26)16-9-13(2)28-14(16)3/h6-7,9-10,15H,4-5,8,11H2,1-3H3,(H,22,26)(H,23,24). The molecule has 1 atom stereocenters. The lowest BCUT2D eigenvalue weighted by Crippen LogP contribution is -2.43. The number of hydrogen-bond donors (Lipinski definition) is 2. The quantitative estimate of drug-likeness (QED) is 0.689. The Morgan fingerprint density at radius 2 is 2.03 bits per heavy atom. The third-order valence-electron chi connectivity index (χ3n) is 5.22. The highest BCUT2D eigenvalue weighted by Gasteiger charge is 2.31. The number of aromatic nitrogens is 2. The average Bonchev–Trinajstić information content (AvgIpc) is 3.46. The van der Waals surface area contributed by atoms with Gasteiger partial charge in [-0.15, -0.1) is 0 Å². The summed E-state index contributed by atoms with van der Waals surface area (Å²) in [5, 5.41) is 9.95. The van der Waals surface area contributed by atoms with Crippen LogP contribution in [0.1, 0.15) is 51.0 Å². The van der Waals surface area contributed by atoms with Crippen LogP contribution in [0.5, 0.6) is 0 Å². The Balaban J connectivity index is 1.41. The van der Waals surface area contributed by atoms with Gasteiger partial charge in [0.1, 0.15) is 23.0 Å². The maximum Gasteiger partial charge on any atom is 0.274 e. The van der Waals surface area contributed by atoms with Crippen LogP contribution in [-0.2, 0) is 0 Å². The van der Waals surface area contributed by atoms with Crippen molar-refractivity contribution in [2.75, 3.05) is 13.1 Å². The molecule has 3 aromatic heterocycles. The molecular weight excluding hydrogens is 372 g/mol. The van der Waals surface area contributed by atoms with Gasteiger partial charge in [0.25, 0.3) is 11.8 Å². The van der Waals surface area contributed by atoms with Crippen molar-refractivity contribution in [3.05, 3.63) is 52.8 Å². The molecular formula is C21H24N4O4. The first-order valence-electron chi connectivity index (χ1n) is 9.71. The van der Waals surface area contributed by atoms with Crippen LogP contribution < -0.4 is 5.32 Å². The van der Waals surface area contributed by atoms with E-state index in [1.807, 2.05) is 26.0 Å². The van der Waals surface area contributed by atoms with E-state index < -0.39 is 0 Å². The molecule has 0 aromatic carbocycles. The van der Waals surface area contributed by atoms with Gasteiger partial charge >= 0.3 is 0 Å². The SMILES string of the molecule is Cc1ccc(-c2cc(C(=O)N3CCCC3CNC(=O)c3cc(C)oc3C)n[nH]2)o1. The Morgan fingerprint density at radius 1 is 1.21 bits per heavy atom. The van der Waals surface area contributed by atoms with Crippen LogP contribution in [0.3, 0.4) is 0 Å². The molecule has 1 aliphatic rings. The predicted octanol–water partition coefficient (Wildman–Crippen LogP) is 3.22. The fourth-order valence-electron chi connectivity index (χ4n) is 3.76. The average molecular weight is 396 g/mol. The van der Waals surface area contributed by atoms with E-state index >= 15 is 0 Å². The summed E-state index contributed by atoms with van der Waals surface area (Å²) in [6.07, 6.45) is 1.73. The van der Waals surface area contributed by atoms with Crippen LogP contribution in [0.4, 0.5) is 0 Å². The minimum atomic E-state index is -0.186. The summed E-state index contributed by atoms with van der Waals surface area (Å²) < 4.78 is 11.0. The summed E-state index contributed by atoms with van der Waals surface area (Å²) in [5.41, 5.74) is 1.54. The molecule has 4 rings (SSSR count). The Hall–Kier alpha value is -3.29. The summed E-state index contributed by atoms with van der Waals surface area (Å²) in [6.45, 7) is 6.47. The third-order valence-corrected chi connectivity index (χ3v) is 5.22. The van der Waals surface area contributed by atoms with E-state index in [1.54, 1.807) is 24.0 Å². The number of rotatable bonds is 5. The molecule has 2 amide bonds. The molecule has 152 valence electrons. The summed E-state index contributed by atoms with van der Waals surface area (Å²) in [4.78, 5) is 27.2. The van der Waals surface area contributed by atoms with Gasteiger partial charge in [-0.25, -0.2) is 0 Å². The molecule has 0 radical (unpaired) electrons. The molecule has 2 N–H and O–H groups in total. The van der Waals surface area contributed by atoms with Crippen LogP contribution in [0.15, 0.2) is 33.1 Å². The largest absolute Gasteiger partial charge is 0.466 e. The van der Waals surface area contributed by atoms with Crippen LogP contribution in [-0.4, -0.2) is 46.0 Å². The lowest BCUT2D eigenvalue weighted by atomic mass is 10.2. The zero-order valence-electron chi connectivity index (χ0n) is 16.7. The number of aryl methyl sites for hydroxylation is 3. The molecule has 0 saturated carbocycles. The summed E-state index contributed by atoms with van der Waals surface area (Å²) in [5.74, 6) is 2.39. The summed E-state index contributed by atoms with van der Waals surface area (Å²) >= 11 is 0. The number of hydrogen-bond acceptors (Lipinski definition) is 5. The Bertz CT molecular complexity index is 1040. The lowest BCUT2D eigenvalue weighted by molar-refractivity contribution is 0.0719. The van der Waals surface area contributed by atoms with Gasteiger partial charge in [0.15, 0.2) is 11.5 Å². The molecule has 4 heterocycles. The molecule has 1 saturated heterocycles. The highest BCUT2D eigenvalue weighted by molar-refractivity contribution is 5.95. The van der Waals surface area contributed by atoms with Crippen molar-refractivity contribution in [2.45, 2.75) is 39.7 Å². The minimum absolute atomic E-state index is 0.0641. The third kappa shape index (κ3) is 3.83. The van der Waals surface area contributed by atoms with E-state index in [2.05, 4.69) is 15.5 Å². The maximum absolute atomic E-state index is 13.0. The number of carbonyl (C=O) groups is 2. The van der Waals surface area contributed by atoms with Gasteiger partial charge in [0.05, 0.1) is 5.56 Å². The molecule has 0 aliphatic carbocycles. The first-order chi connectivity index (χ1) is 13.9. The molecule has 1 aliphatic heterocycles. The Morgan fingerprint density at radius 3 is 2.72 bits per heavy atom. The van der Waals surface area contributed by atoms with Crippen molar-refractivity contribution in [3.63, 3.8) is 0 Å². The molecule has 29 heavy (non-hydrogen) atoms. The van der Waals surface area contributed by atoms with E-state index in [0.717, 1.165) is 18.6 Å². The Labute approximate surface area is 168 Å². The van der Waals surface area contributed by atoms with Crippen molar-refractivity contribution in [2.24, 2.45) is 0 Å². The number of aromatic amines is 1. The van der Waals surface area contributed by atoms with Gasteiger partial charge in [-0.05, 0) is 51.8 Å². The van der Waals surface area contributed by atoms with E-state index in [4.69, 9.17) is 8.83 Å². The van der Waals surface area contributed by atoms with Crippen molar-refractivity contribution in [1.82, 2.24) is 20.4 Å². The predicted molar refractivity (Wildman–Crippen MR) is 106 cm³/mol. The number of carbonyl (C=O) groups excluding carboxylic acids is 2. The first-order valence-corrected chi connectivity index (χ1v) is 9.71. The van der Waals surface area contributed by atoms with E-state index in [1.165, 1.54) is 0 Å². The number of furan rings is 2. The number of amides is 2. The zero-order chi connectivity index (χ0) is 20.5. The van der Waals surface area contributed by atoms with E-state index in [0.29, 0.717) is 47.3 Å². The van der Waals surface area contributed by atoms with Gasteiger partial charge in [-0.1, -0.05) is 0 Å². The zero-order valence-corrected chi connectivity index (χ0v) is 16.7. The monoisotopic (exact) mass is 396 g/mol. The van der Waals surface area contributed by atoms with Crippen LogP contribution >= 0.6 is 0 Å². The number of nitrogens with zero attached hydrogens (tertiary/aromatic N) is 2.